The first-order valence-corrected chi connectivity index (χ1v) is 4.96. The van der Waals surface area contributed by atoms with Gasteiger partial charge in [-0.05, 0) is 18.4 Å². The Balaban J connectivity index is 2.23. The Kier molecular flexibility index (Phi) is 2.99. The van der Waals surface area contributed by atoms with Gasteiger partial charge in [0.2, 0.25) is 0 Å². The van der Waals surface area contributed by atoms with Crippen molar-refractivity contribution in [2.75, 3.05) is 18.0 Å². The highest BCUT2D eigenvalue weighted by atomic mass is 15.2. The molecule has 2 rings (SSSR count). The molecule has 0 radical (unpaired) electrons. The lowest BCUT2D eigenvalue weighted by atomic mass is 10.3. The van der Waals surface area contributed by atoms with Gasteiger partial charge in [0.1, 0.15) is 12.1 Å². The standard InChI is InChI=1S/C9H12N6/c10-14-13-6-8-5-11-7-12-9(8)15-3-1-2-4-15/h5,7H,1-4,6H2. The second-order valence-electron chi connectivity index (χ2n) is 3.45. The van der Waals surface area contributed by atoms with E-state index in [1.54, 1.807) is 6.20 Å². The van der Waals surface area contributed by atoms with Gasteiger partial charge in [-0.2, -0.15) is 0 Å². The Bertz CT molecular complexity index is 378. The van der Waals surface area contributed by atoms with Crippen LogP contribution in [0.15, 0.2) is 17.6 Å². The first-order chi connectivity index (χ1) is 7.42. The van der Waals surface area contributed by atoms with Crippen molar-refractivity contribution in [2.24, 2.45) is 5.11 Å². The van der Waals surface area contributed by atoms with Gasteiger partial charge in [0, 0.05) is 29.8 Å². The Morgan fingerprint density at radius 3 is 3.00 bits per heavy atom. The maximum Gasteiger partial charge on any atom is 0.135 e. The zero-order valence-electron chi connectivity index (χ0n) is 8.37. The van der Waals surface area contributed by atoms with E-state index >= 15 is 0 Å². The van der Waals surface area contributed by atoms with Crippen LogP contribution in [0.4, 0.5) is 5.82 Å². The van der Waals surface area contributed by atoms with E-state index in [0.29, 0.717) is 6.54 Å². The lowest BCUT2D eigenvalue weighted by Crippen LogP contribution is -2.20. The van der Waals surface area contributed by atoms with Crippen molar-refractivity contribution in [1.82, 2.24) is 9.97 Å². The van der Waals surface area contributed by atoms with Gasteiger partial charge in [0.05, 0.1) is 6.54 Å². The molecule has 0 aliphatic carbocycles. The van der Waals surface area contributed by atoms with Gasteiger partial charge in [-0.15, -0.1) is 0 Å². The van der Waals surface area contributed by atoms with E-state index < -0.39 is 0 Å². The van der Waals surface area contributed by atoms with Gasteiger partial charge < -0.3 is 4.90 Å². The zero-order valence-corrected chi connectivity index (χ0v) is 8.37. The largest absolute Gasteiger partial charge is 0.356 e. The number of hydrogen-bond donors (Lipinski definition) is 0. The summed E-state index contributed by atoms with van der Waals surface area (Å²) in [5, 5.41) is 3.55. The Morgan fingerprint density at radius 1 is 1.47 bits per heavy atom. The fourth-order valence-electron chi connectivity index (χ4n) is 1.78. The van der Waals surface area contributed by atoms with E-state index in [1.807, 2.05) is 0 Å². The van der Waals surface area contributed by atoms with Crippen molar-refractivity contribution in [2.45, 2.75) is 19.4 Å². The van der Waals surface area contributed by atoms with Gasteiger partial charge in [-0.1, -0.05) is 5.11 Å². The lowest BCUT2D eigenvalue weighted by Gasteiger charge is -2.18. The minimum atomic E-state index is 0.323. The van der Waals surface area contributed by atoms with E-state index in [4.69, 9.17) is 5.53 Å². The summed E-state index contributed by atoms with van der Waals surface area (Å²) >= 11 is 0. The maximum absolute atomic E-state index is 8.29. The third-order valence-electron chi connectivity index (χ3n) is 2.47. The van der Waals surface area contributed by atoms with Crippen molar-refractivity contribution in [3.63, 3.8) is 0 Å². The van der Waals surface area contributed by atoms with Crippen LogP contribution in [0.1, 0.15) is 18.4 Å². The van der Waals surface area contributed by atoms with Crippen molar-refractivity contribution in [3.8, 4) is 0 Å². The van der Waals surface area contributed by atoms with Gasteiger partial charge in [-0.3, -0.25) is 0 Å². The number of rotatable bonds is 3. The third kappa shape index (κ3) is 2.16. The molecule has 1 aromatic rings. The Hall–Kier alpha value is -1.81. The molecular weight excluding hydrogens is 192 g/mol. The summed E-state index contributed by atoms with van der Waals surface area (Å²) < 4.78 is 0. The molecule has 78 valence electrons. The molecule has 1 fully saturated rings. The average Bonchev–Trinajstić information content (AvgIpc) is 2.80. The summed E-state index contributed by atoms with van der Waals surface area (Å²) in [6.45, 7) is 2.38. The van der Waals surface area contributed by atoms with Gasteiger partial charge in [0.15, 0.2) is 0 Å². The minimum Gasteiger partial charge on any atom is -0.356 e. The van der Waals surface area contributed by atoms with E-state index in [2.05, 4.69) is 24.9 Å². The molecule has 1 aliphatic rings. The molecule has 15 heavy (non-hydrogen) atoms. The highest BCUT2D eigenvalue weighted by Crippen LogP contribution is 2.21. The SMILES string of the molecule is [N-]=[N+]=NCc1cncnc1N1CCCC1. The lowest BCUT2D eigenvalue weighted by molar-refractivity contribution is 0.889. The molecule has 0 aromatic carbocycles. The van der Waals surface area contributed by atoms with Crippen LogP contribution in [0.2, 0.25) is 0 Å². The molecule has 6 nitrogen and oxygen atoms in total. The average molecular weight is 204 g/mol. The van der Waals surface area contributed by atoms with Crippen LogP contribution in [0.25, 0.3) is 10.4 Å². The number of azide groups is 1. The first kappa shape index (κ1) is 9.73. The summed E-state index contributed by atoms with van der Waals surface area (Å²) in [7, 11) is 0. The predicted octanol–water partition coefficient (Wildman–Crippen LogP) is 1.89. The van der Waals surface area contributed by atoms with Crippen LogP contribution >= 0.6 is 0 Å². The van der Waals surface area contributed by atoms with Crippen LogP contribution < -0.4 is 4.90 Å². The zero-order chi connectivity index (χ0) is 10.5. The molecule has 0 atom stereocenters. The molecule has 0 spiro atoms. The van der Waals surface area contributed by atoms with E-state index in [0.717, 1.165) is 24.5 Å². The van der Waals surface area contributed by atoms with Crippen molar-refractivity contribution < 1.29 is 0 Å². The van der Waals surface area contributed by atoms with E-state index in [1.165, 1.54) is 19.2 Å². The number of anilines is 1. The van der Waals surface area contributed by atoms with Gasteiger partial charge in [0.25, 0.3) is 0 Å². The molecule has 0 unspecified atom stereocenters. The van der Waals surface area contributed by atoms with E-state index in [-0.39, 0.29) is 0 Å². The molecule has 0 saturated carbocycles. The van der Waals surface area contributed by atoms with Gasteiger partial charge in [-0.25, -0.2) is 9.97 Å². The second-order valence-corrected chi connectivity index (χ2v) is 3.45. The number of nitrogens with zero attached hydrogens (tertiary/aromatic N) is 6. The highest BCUT2D eigenvalue weighted by Gasteiger charge is 2.16. The molecule has 1 aromatic heterocycles. The quantitative estimate of drug-likeness (QED) is 0.428. The summed E-state index contributed by atoms with van der Waals surface area (Å²) in [4.78, 5) is 13.2. The van der Waals surface area contributed by atoms with Crippen molar-refractivity contribution in [3.05, 3.63) is 28.5 Å². The highest BCUT2D eigenvalue weighted by molar-refractivity contribution is 5.46. The van der Waals surface area contributed by atoms with Crippen LogP contribution in [-0.4, -0.2) is 23.1 Å². The molecule has 1 saturated heterocycles. The number of aromatic nitrogens is 2. The van der Waals surface area contributed by atoms with E-state index in [9.17, 15) is 0 Å². The van der Waals surface area contributed by atoms with Crippen molar-refractivity contribution in [1.29, 1.82) is 0 Å². The minimum absolute atomic E-state index is 0.323. The van der Waals surface area contributed by atoms with Crippen LogP contribution in [-0.2, 0) is 6.54 Å². The smallest absolute Gasteiger partial charge is 0.135 e. The summed E-state index contributed by atoms with van der Waals surface area (Å²) in [5.74, 6) is 0.912. The van der Waals surface area contributed by atoms with Gasteiger partial charge >= 0.3 is 0 Å². The molecule has 0 bridgehead atoms. The first-order valence-electron chi connectivity index (χ1n) is 4.96. The molecule has 6 heteroatoms. The Labute approximate surface area is 87.6 Å². The van der Waals surface area contributed by atoms with Crippen LogP contribution in [0.5, 0.6) is 0 Å². The molecular formula is C9H12N6. The molecule has 1 aliphatic heterocycles. The topological polar surface area (TPSA) is 77.8 Å². The molecule has 2 heterocycles. The second kappa shape index (κ2) is 4.61. The summed E-state index contributed by atoms with van der Waals surface area (Å²) in [5.41, 5.74) is 9.19. The Morgan fingerprint density at radius 2 is 2.27 bits per heavy atom. The maximum atomic E-state index is 8.29. The van der Waals surface area contributed by atoms with Crippen molar-refractivity contribution >= 4 is 5.82 Å². The number of hydrogen-bond acceptors (Lipinski definition) is 4. The fourth-order valence-corrected chi connectivity index (χ4v) is 1.78. The molecule has 0 N–H and O–H groups in total. The monoisotopic (exact) mass is 204 g/mol. The van der Waals surface area contributed by atoms with Crippen LogP contribution in [0.3, 0.4) is 0 Å². The summed E-state index contributed by atoms with van der Waals surface area (Å²) in [6.07, 6.45) is 5.65. The fraction of sp³-hybridized carbons (Fsp3) is 0.556. The third-order valence-corrected chi connectivity index (χ3v) is 2.47. The normalized spacial score (nSPS) is 15.1. The summed E-state index contributed by atoms with van der Waals surface area (Å²) in [6, 6.07) is 0. The molecule has 0 amide bonds. The van der Waals surface area contributed by atoms with Crippen LogP contribution in [0, 0.1) is 0 Å². The predicted molar refractivity (Wildman–Crippen MR) is 56.3 cm³/mol.